The molecule has 0 amide bonds. The molecule has 1 saturated carbocycles. The van der Waals surface area contributed by atoms with E-state index >= 15 is 0 Å². The summed E-state index contributed by atoms with van der Waals surface area (Å²) in [5, 5.41) is 0. The highest BCUT2D eigenvalue weighted by Gasteiger charge is 2.26. The largest absolute Gasteiger partial charge is 0.458 e. The third-order valence-corrected chi connectivity index (χ3v) is 2.95. The van der Waals surface area contributed by atoms with Crippen LogP contribution in [0.15, 0.2) is 0 Å². The summed E-state index contributed by atoms with van der Waals surface area (Å²) in [6.07, 6.45) is 4.54. The molecule has 0 atom stereocenters. The van der Waals surface area contributed by atoms with Crippen LogP contribution in [0.25, 0.3) is 4.85 Å². The molecule has 1 heteroatoms. The van der Waals surface area contributed by atoms with E-state index in [0.717, 1.165) is 24.8 Å². The standard InChI is InChI=1S/C11H18N/c1-11(2,3)9-5-7-10(12-4)8-6-9/h9H,5-8H2,1-3H3/q-1. The van der Waals surface area contributed by atoms with Gasteiger partial charge in [0.25, 0.3) is 0 Å². The van der Waals surface area contributed by atoms with Crippen LogP contribution < -0.4 is 0 Å². The molecule has 0 aromatic heterocycles. The van der Waals surface area contributed by atoms with E-state index < -0.39 is 0 Å². The SMILES string of the molecule is [C-]#[N+][C-]1CCC(C(C)(C)C)CC1. The highest BCUT2D eigenvalue weighted by Crippen LogP contribution is 2.40. The van der Waals surface area contributed by atoms with Crippen LogP contribution in [0.5, 0.6) is 0 Å². The van der Waals surface area contributed by atoms with E-state index in [9.17, 15) is 0 Å². The van der Waals surface area contributed by atoms with Crippen molar-refractivity contribution in [1.82, 2.24) is 0 Å². The molecule has 0 heterocycles. The topological polar surface area (TPSA) is 4.36 Å². The summed E-state index contributed by atoms with van der Waals surface area (Å²) in [6.45, 7) is 13.8. The molecule has 0 aromatic carbocycles. The molecule has 0 N–H and O–H groups in total. The van der Waals surface area contributed by atoms with Crippen molar-refractivity contribution in [3.8, 4) is 0 Å². The van der Waals surface area contributed by atoms with E-state index in [2.05, 4.69) is 25.6 Å². The summed E-state index contributed by atoms with van der Waals surface area (Å²) < 4.78 is 0. The molecule has 1 aliphatic carbocycles. The lowest BCUT2D eigenvalue weighted by Crippen LogP contribution is -2.24. The zero-order valence-corrected chi connectivity index (χ0v) is 8.35. The van der Waals surface area contributed by atoms with Gasteiger partial charge in [0.2, 0.25) is 0 Å². The van der Waals surface area contributed by atoms with Crippen molar-refractivity contribution in [2.45, 2.75) is 46.5 Å². The lowest BCUT2D eigenvalue weighted by Gasteiger charge is -2.38. The van der Waals surface area contributed by atoms with Crippen LogP contribution in [0.3, 0.4) is 0 Å². The highest BCUT2D eigenvalue weighted by atomic mass is 14.7. The van der Waals surface area contributed by atoms with Gasteiger partial charge in [-0.2, -0.15) is 0 Å². The van der Waals surface area contributed by atoms with E-state index in [-0.39, 0.29) is 0 Å². The second kappa shape index (κ2) is 3.39. The molecule has 0 bridgehead atoms. The average molecular weight is 164 g/mol. The van der Waals surface area contributed by atoms with Crippen LogP contribution in [-0.2, 0) is 0 Å². The van der Waals surface area contributed by atoms with Crippen LogP contribution in [-0.4, -0.2) is 0 Å². The van der Waals surface area contributed by atoms with Gasteiger partial charge < -0.3 is 4.85 Å². The Hall–Kier alpha value is -0.640. The second-order valence-electron chi connectivity index (χ2n) is 4.82. The lowest BCUT2D eigenvalue weighted by molar-refractivity contribution is 0.190. The van der Waals surface area contributed by atoms with Gasteiger partial charge in [-0.05, 0) is 17.4 Å². The Kier molecular flexibility index (Phi) is 2.67. The minimum atomic E-state index is 0.438. The molecular formula is C11H18N-. The zero-order chi connectivity index (χ0) is 9.19. The highest BCUT2D eigenvalue weighted by molar-refractivity contribution is 5.02. The summed E-state index contributed by atoms with van der Waals surface area (Å²) in [5.74, 6) is 0.822. The van der Waals surface area contributed by atoms with Crippen molar-refractivity contribution in [3.05, 3.63) is 17.5 Å². The molecule has 0 radical (unpaired) electrons. The smallest absolute Gasteiger partial charge is 0.0288 e. The van der Waals surface area contributed by atoms with Crippen molar-refractivity contribution in [2.24, 2.45) is 11.3 Å². The molecule has 1 rings (SSSR count). The van der Waals surface area contributed by atoms with E-state index in [0.29, 0.717) is 5.41 Å². The normalized spacial score (nSPS) is 20.7. The third kappa shape index (κ3) is 2.17. The molecule has 0 saturated heterocycles. The maximum atomic E-state index is 6.91. The van der Waals surface area contributed by atoms with Gasteiger partial charge in [0, 0.05) is 0 Å². The summed E-state index contributed by atoms with van der Waals surface area (Å²) in [5.41, 5.74) is 0.438. The van der Waals surface area contributed by atoms with Crippen LogP contribution in [0.1, 0.15) is 46.5 Å². The number of hydrogen-bond donors (Lipinski definition) is 0. The molecule has 1 fully saturated rings. The van der Waals surface area contributed by atoms with Gasteiger partial charge in [-0.1, -0.05) is 46.5 Å². The van der Waals surface area contributed by atoms with Gasteiger partial charge >= 0.3 is 0 Å². The van der Waals surface area contributed by atoms with E-state index in [1.54, 1.807) is 0 Å². The first kappa shape index (κ1) is 9.45. The predicted octanol–water partition coefficient (Wildman–Crippen LogP) is 3.67. The van der Waals surface area contributed by atoms with E-state index in [4.69, 9.17) is 6.57 Å². The number of hydrogen-bond acceptors (Lipinski definition) is 0. The fourth-order valence-corrected chi connectivity index (χ4v) is 1.93. The Balaban J connectivity index is 2.42. The Morgan fingerprint density at radius 3 is 2.08 bits per heavy atom. The Labute approximate surface area is 76.0 Å². The minimum absolute atomic E-state index is 0.438. The summed E-state index contributed by atoms with van der Waals surface area (Å²) in [7, 11) is 0. The molecule has 0 unspecified atom stereocenters. The van der Waals surface area contributed by atoms with Crippen molar-refractivity contribution in [2.75, 3.05) is 0 Å². The summed E-state index contributed by atoms with van der Waals surface area (Å²) >= 11 is 0. The van der Waals surface area contributed by atoms with Gasteiger partial charge in [0.1, 0.15) is 0 Å². The Morgan fingerprint density at radius 1 is 1.25 bits per heavy atom. The fourth-order valence-electron chi connectivity index (χ4n) is 1.93. The average Bonchev–Trinajstić information content (AvgIpc) is 2.03. The monoisotopic (exact) mass is 164 g/mol. The minimum Gasteiger partial charge on any atom is -0.458 e. The molecular weight excluding hydrogens is 146 g/mol. The summed E-state index contributed by atoms with van der Waals surface area (Å²) in [6, 6.07) is 1.09. The van der Waals surface area contributed by atoms with Crippen LogP contribution in [0, 0.1) is 23.9 Å². The van der Waals surface area contributed by atoms with Crippen molar-refractivity contribution >= 4 is 0 Å². The first-order valence-electron chi connectivity index (χ1n) is 4.76. The number of nitrogens with zero attached hydrogens (tertiary/aromatic N) is 1. The molecule has 0 spiro atoms. The lowest BCUT2D eigenvalue weighted by atomic mass is 9.71. The predicted molar refractivity (Wildman–Crippen MR) is 51.3 cm³/mol. The Bertz CT molecular complexity index is 174. The van der Waals surface area contributed by atoms with Crippen LogP contribution in [0.2, 0.25) is 0 Å². The van der Waals surface area contributed by atoms with Crippen LogP contribution in [0.4, 0.5) is 0 Å². The Morgan fingerprint density at radius 2 is 1.75 bits per heavy atom. The molecule has 0 aliphatic heterocycles. The van der Waals surface area contributed by atoms with Gasteiger partial charge in [-0.25, -0.2) is 0 Å². The second-order valence-corrected chi connectivity index (χ2v) is 4.82. The van der Waals surface area contributed by atoms with Crippen molar-refractivity contribution < 1.29 is 0 Å². The van der Waals surface area contributed by atoms with Crippen LogP contribution >= 0.6 is 0 Å². The van der Waals surface area contributed by atoms with Crippen molar-refractivity contribution in [3.63, 3.8) is 0 Å². The molecule has 12 heavy (non-hydrogen) atoms. The quantitative estimate of drug-likeness (QED) is 0.481. The first-order valence-corrected chi connectivity index (χ1v) is 4.76. The number of rotatable bonds is 0. The van der Waals surface area contributed by atoms with E-state index in [1.165, 1.54) is 12.8 Å². The maximum Gasteiger partial charge on any atom is -0.0288 e. The molecule has 0 aromatic rings. The summed E-state index contributed by atoms with van der Waals surface area (Å²) in [4.78, 5) is 3.53. The van der Waals surface area contributed by atoms with E-state index in [1.807, 2.05) is 0 Å². The molecule has 68 valence electrons. The fraction of sp³-hybridized carbons (Fsp3) is 0.818. The first-order chi connectivity index (χ1) is 5.54. The maximum absolute atomic E-state index is 6.91. The molecule has 1 aliphatic rings. The zero-order valence-electron chi connectivity index (χ0n) is 8.35. The van der Waals surface area contributed by atoms with Gasteiger partial charge in [0.15, 0.2) is 0 Å². The van der Waals surface area contributed by atoms with Crippen molar-refractivity contribution in [1.29, 1.82) is 0 Å². The molecule has 1 nitrogen and oxygen atoms in total. The van der Waals surface area contributed by atoms with Gasteiger partial charge in [-0.15, -0.1) is 0 Å². The van der Waals surface area contributed by atoms with Gasteiger partial charge in [0.05, 0.1) is 0 Å². The van der Waals surface area contributed by atoms with Gasteiger partial charge in [-0.3, -0.25) is 6.57 Å². The third-order valence-electron chi connectivity index (χ3n) is 2.95.